The first-order chi connectivity index (χ1) is 10.7. The lowest BCUT2D eigenvalue weighted by Gasteiger charge is -2.18. The summed E-state index contributed by atoms with van der Waals surface area (Å²) in [5, 5.41) is 0.605. The first-order valence-corrected chi connectivity index (χ1v) is 7.12. The molecule has 0 unspecified atom stereocenters. The predicted molar refractivity (Wildman–Crippen MR) is 89.4 cm³/mol. The van der Waals surface area contributed by atoms with Crippen molar-refractivity contribution in [1.82, 2.24) is 14.6 Å². The SMILES string of the molecule is CN(C)CNn1c(-c2ccccc2)nc2ccccc2c1=O. The van der Waals surface area contributed by atoms with Crippen LogP contribution in [0.2, 0.25) is 0 Å². The molecule has 0 fully saturated rings. The molecule has 0 radical (unpaired) electrons. The van der Waals surface area contributed by atoms with Gasteiger partial charge >= 0.3 is 0 Å². The average molecular weight is 294 g/mol. The lowest BCUT2D eigenvalue weighted by Crippen LogP contribution is -2.36. The number of nitrogens with one attached hydrogen (secondary N) is 1. The van der Waals surface area contributed by atoms with Gasteiger partial charge in [-0.1, -0.05) is 42.5 Å². The molecular weight excluding hydrogens is 276 g/mol. The summed E-state index contributed by atoms with van der Waals surface area (Å²) in [6.07, 6.45) is 0. The Kier molecular flexibility index (Phi) is 3.89. The highest BCUT2D eigenvalue weighted by Gasteiger charge is 2.12. The molecule has 0 aliphatic rings. The highest BCUT2D eigenvalue weighted by molar-refractivity contribution is 5.79. The molecule has 0 spiro atoms. The number of hydrogen-bond acceptors (Lipinski definition) is 4. The molecule has 3 aromatic rings. The molecule has 5 nitrogen and oxygen atoms in total. The maximum atomic E-state index is 12.8. The molecule has 1 N–H and O–H groups in total. The molecule has 5 heteroatoms. The van der Waals surface area contributed by atoms with E-state index in [4.69, 9.17) is 0 Å². The van der Waals surface area contributed by atoms with E-state index in [1.165, 1.54) is 4.68 Å². The van der Waals surface area contributed by atoms with Gasteiger partial charge in [-0.2, -0.15) is 0 Å². The molecule has 3 rings (SSSR count). The van der Waals surface area contributed by atoms with Crippen LogP contribution in [0.25, 0.3) is 22.3 Å². The van der Waals surface area contributed by atoms with Crippen LogP contribution < -0.4 is 11.0 Å². The fourth-order valence-corrected chi connectivity index (χ4v) is 2.27. The van der Waals surface area contributed by atoms with Crippen LogP contribution in [0.5, 0.6) is 0 Å². The van der Waals surface area contributed by atoms with E-state index in [0.717, 1.165) is 5.56 Å². The Balaban J connectivity index is 2.24. The van der Waals surface area contributed by atoms with Crippen LogP contribution in [-0.4, -0.2) is 35.3 Å². The third-order valence-corrected chi connectivity index (χ3v) is 3.35. The number of hydrogen-bond donors (Lipinski definition) is 1. The zero-order valence-corrected chi connectivity index (χ0v) is 12.7. The highest BCUT2D eigenvalue weighted by Crippen LogP contribution is 2.17. The summed E-state index contributed by atoms with van der Waals surface area (Å²) in [6.45, 7) is 0.541. The van der Waals surface area contributed by atoms with E-state index in [1.54, 1.807) is 6.07 Å². The van der Waals surface area contributed by atoms with Crippen molar-refractivity contribution < 1.29 is 0 Å². The number of benzene rings is 2. The Morgan fingerprint density at radius 1 is 1.05 bits per heavy atom. The van der Waals surface area contributed by atoms with Crippen LogP contribution in [0.3, 0.4) is 0 Å². The monoisotopic (exact) mass is 294 g/mol. The van der Waals surface area contributed by atoms with Gasteiger partial charge in [-0.15, -0.1) is 0 Å². The lowest BCUT2D eigenvalue weighted by molar-refractivity contribution is 0.419. The van der Waals surface area contributed by atoms with Gasteiger partial charge < -0.3 is 5.43 Å². The van der Waals surface area contributed by atoms with Crippen LogP contribution in [0.4, 0.5) is 0 Å². The van der Waals surface area contributed by atoms with E-state index in [9.17, 15) is 4.79 Å². The first-order valence-electron chi connectivity index (χ1n) is 7.12. The number of fused-ring (bicyclic) bond motifs is 1. The van der Waals surface area contributed by atoms with Crippen molar-refractivity contribution in [1.29, 1.82) is 0 Å². The first kappa shape index (κ1) is 14.3. The summed E-state index contributed by atoms with van der Waals surface area (Å²) in [4.78, 5) is 19.4. The van der Waals surface area contributed by atoms with Gasteiger partial charge in [0, 0.05) is 5.56 Å². The second-order valence-corrected chi connectivity index (χ2v) is 5.36. The summed E-state index contributed by atoms with van der Waals surface area (Å²) < 4.78 is 1.53. The van der Waals surface area contributed by atoms with Gasteiger partial charge in [0.15, 0.2) is 5.82 Å². The smallest absolute Gasteiger partial charge is 0.280 e. The Morgan fingerprint density at radius 2 is 1.73 bits per heavy atom. The average Bonchev–Trinajstić information content (AvgIpc) is 2.54. The van der Waals surface area contributed by atoms with Crippen LogP contribution >= 0.6 is 0 Å². The molecule has 0 saturated carbocycles. The van der Waals surface area contributed by atoms with Gasteiger partial charge in [0.2, 0.25) is 0 Å². The summed E-state index contributed by atoms with van der Waals surface area (Å²) in [5.41, 5.74) is 4.65. The third kappa shape index (κ3) is 2.71. The lowest BCUT2D eigenvalue weighted by atomic mass is 10.2. The fraction of sp³-hybridized carbons (Fsp3) is 0.176. The zero-order chi connectivity index (χ0) is 15.5. The fourth-order valence-electron chi connectivity index (χ4n) is 2.27. The van der Waals surface area contributed by atoms with Crippen molar-refractivity contribution in [3.63, 3.8) is 0 Å². The van der Waals surface area contributed by atoms with Crippen LogP contribution in [0.15, 0.2) is 59.4 Å². The van der Waals surface area contributed by atoms with Gasteiger partial charge in [-0.25, -0.2) is 9.66 Å². The van der Waals surface area contributed by atoms with Gasteiger partial charge in [-0.3, -0.25) is 9.69 Å². The molecule has 22 heavy (non-hydrogen) atoms. The molecule has 0 aliphatic carbocycles. The van der Waals surface area contributed by atoms with Crippen LogP contribution in [0, 0.1) is 0 Å². The summed E-state index contributed by atoms with van der Waals surface area (Å²) in [6, 6.07) is 17.1. The second-order valence-electron chi connectivity index (χ2n) is 5.36. The number of nitrogens with zero attached hydrogens (tertiary/aromatic N) is 3. The van der Waals surface area contributed by atoms with Gasteiger partial charge in [0.25, 0.3) is 5.56 Å². The molecular formula is C17H18N4O. The molecule has 0 saturated heterocycles. The normalized spacial score (nSPS) is 11.0. The van der Waals surface area contributed by atoms with Gasteiger partial charge in [0.05, 0.1) is 17.6 Å². The van der Waals surface area contributed by atoms with Crippen molar-refractivity contribution in [3.8, 4) is 11.4 Å². The summed E-state index contributed by atoms with van der Waals surface area (Å²) in [7, 11) is 3.88. The Morgan fingerprint density at radius 3 is 2.45 bits per heavy atom. The molecule has 0 atom stereocenters. The quantitative estimate of drug-likeness (QED) is 0.749. The van der Waals surface area contributed by atoms with Crippen LogP contribution in [-0.2, 0) is 0 Å². The van der Waals surface area contributed by atoms with Gasteiger partial charge in [0.1, 0.15) is 0 Å². The van der Waals surface area contributed by atoms with E-state index < -0.39 is 0 Å². The van der Waals surface area contributed by atoms with Crippen molar-refractivity contribution in [2.24, 2.45) is 0 Å². The van der Waals surface area contributed by atoms with E-state index in [1.807, 2.05) is 67.5 Å². The molecule has 0 amide bonds. The molecule has 112 valence electrons. The minimum atomic E-state index is -0.0914. The molecule has 1 heterocycles. The van der Waals surface area contributed by atoms with E-state index in [0.29, 0.717) is 23.4 Å². The molecule has 0 aliphatic heterocycles. The molecule has 1 aromatic heterocycles. The molecule has 0 bridgehead atoms. The minimum Gasteiger partial charge on any atom is -0.307 e. The summed E-state index contributed by atoms with van der Waals surface area (Å²) in [5.74, 6) is 0.617. The van der Waals surface area contributed by atoms with Crippen LogP contribution in [0.1, 0.15) is 0 Å². The van der Waals surface area contributed by atoms with E-state index in [2.05, 4.69) is 10.4 Å². The van der Waals surface area contributed by atoms with Crippen molar-refractivity contribution in [2.75, 3.05) is 26.2 Å². The van der Waals surface area contributed by atoms with Crippen molar-refractivity contribution >= 4 is 10.9 Å². The maximum absolute atomic E-state index is 12.8. The predicted octanol–water partition coefficient (Wildman–Crippen LogP) is 2.13. The number of para-hydroxylation sites is 1. The van der Waals surface area contributed by atoms with E-state index in [-0.39, 0.29) is 5.56 Å². The van der Waals surface area contributed by atoms with Gasteiger partial charge in [-0.05, 0) is 26.2 Å². The van der Waals surface area contributed by atoms with Crippen molar-refractivity contribution in [3.05, 3.63) is 65.0 Å². The Labute approximate surface area is 128 Å². The number of aromatic nitrogens is 2. The zero-order valence-electron chi connectivity index (χ0n) is 12.7. The number of rotatable bonds is 4. The van der Waals surface area contributed by atoms with E-state index >= 15 is 0 Å². The minimum absolute atomic E-state index is 0.0914. The van der Waals surface area contributed by atoms with Crippen molar-refractivity contribution in [2.45, 2.75) is 0 Å². The standard InChI is InChI=1S/C17H18N4O/c1-20(2)12-18-21-16(13-8-4-3-5-9-13)19-15-11-7-6-10-14(15)17(21)22/h3-11,18H,12H2,1-2H3. The Bertz CT molecular complexity index is 840. The molecule has 2 aromatic carbocycles. The third-order valence-electron chi connectivity index (χ3n) is 3.35. The Hall–Kier alpha value is -2.66. The second kappa shape index (κ2) is 5.99. The topological polar surface area (TPSA) is 50.2 Å². The largest absolute Gasteiger partial charge is 0.307 e. The highest BCUT2D eigenvalue weighted by atomic mass is 16.1. The maximum Gasteiger partial charge on any atom is 0.280 e. The summed E-state index contributed by atoms with van der Waals surface area (Å²) >= 11 is 0.